The fourth-order valence-electron chi connectivity index (χ4n) is 6.01. The molecule has 2 atom stereocenters. The van der Waals surface area contributed by atoms with Gasteiger partial charge in [0.1, 0.15) is 13.2 Å². The minimum Gasteiger partial charge on any atom is -0.462 e. The van der Waals surface area contributed by atoms with Crippen molar-refractivity contribution < 1.29 is 28.6 Å². The lowest BCUT2D eigenvalue weighted by Gasteiger charge is -2.18. The van der Waals surface area contributed by atoms with E-state index in [9.17, 15) is 14.4 Å². The van der Waals surface area contributed by atoms with E-state index in [0.29, 0.717) is 19.3 Å². The van der Waals surface area contributed by atoms with Crippen LogP contribution in [0.2, 0.25) is 0 Å². The van der Waals surface area contributed by atoms with E-state index in [-0.39, 0.29) is 31.1 Å². The summed E-state index contributed by atoms with van der Waals surface area (Å²) in [5.74, 6) is 0.758. The number of unbranched alkanes of at least 4 members (excludes halogenated alkanes) is 20. The molecule has 1 unspecified atom stereocenters. The highest BCUT2D eigenvalue weighted by Gasteiger charge is 2.19. The first-order chi connectivity index (χ1) is 23.3. The average Bonchev–Trinajstić information content (AvgIpc) is 3.06. The van der Waals surface area contributed by atoms with Crippen molar-refractivity contribution >= 4 is 17.9 Å². The van der Waals surface area contributed by atoms with E-state index in [1.54, 1.807) is 0 Å². The van der Waals surface area contributed by atoms with Crippen molar-refractivity contribution in [3.05, 3.63) is 0 Å². The van der Waals surface area contributed by atoms with E-state index in [1.807, 2.05) is 0 Å². The van der Waals surface area contributed by atoms with Crippen LogP contribution in [-0.4, -0.2) is 37.2 Å². The second-order valence-electron chi connectivity index (χ2n) is 15.0. The molecule has 0 fully saturated rings. The molecule has 0 saturated heterocycles. The fraction of sp³-hybridized carbons (Fsp3) is 0.929. The van der Waals surface area contributed by atoms with Crippen LogP contribution in [0.4, 0.5) is 0 Å². The first kappa shape index (κ1) is 46.4. The van der Waals surface area contributed by atoms with Crippen LogP contribution in [0.3, 0.4) is 0 Å². The van der Waals surface area contributed by atoms with E-state index in [0.717, 1.165) is 69.6 Å². The monoisotopic (exact) mass is 681 g/mol. The number of carbonyl (C=O) groups excluding carboxylic acids is 3. The fourth-order valence-corrected chi connectivity index (χ4v) is 6.01. The number of esters is 3. The zero-order valence-electron chi connectivity index (χ0n) is 32.6. The first-order valence-electron chi connectivity index (χ1n) is 20.8. The summed E-state index contributed by atoms with van der Waals surface area (Å²) in [5, 5.41) is 0. The maximum atomic E-state index is 12.6. The van der Waals surface area contributed by atoms with Crippen molar-refractivity contribution in [1.82, 2.24) is 0 Å². The summed E-state index contributed by atoms with van der Waals surface area (Å²) in [5.41, 5.74) is 0. The molecule has 0 aromatic rings. The predicted octanol–water partition coefficient (Wildman–Crippen LogP) is 12.6. The van der Waals surface area contributed by atoms with Gasteiger partial charge in [-0.1, -0.05) is 182 Å². The third-order valence-electron chi connectivity index (χ3n) is 9.58. The minimum absolute atomic E-state index is 0.0670. The third kappa shape index (κ3) is 34.3. The quantitative estimate of drug-likeness (QED) is 0.0372. The Labute approximate surface area is 298 Å². The average molecular weight is 681 g/mol. The van der Waals surface area contributed by atoms with Crippen LogP contribution in [0.15, 0.2) is 0 Å². The summed E-state index contributed by atoms with van der Waals surface area (Å²) in [6.07, 6.45) is 31.0. The second kappa shape index (κ2) is 35.2. The van der Waals surface area contributed by atoms with Gasteiger partial charge in [0.25, 0.3) is 0 Å². The Hall–Kier alpha value is -1.59. The largest absolute Gasteiger partial charge is 0.462 e. The molecule has 0 spiro atoms. The van der Waals surface area contributed by atoms with Crippen LogP contribution in [0.5, 0.6) is 0 Å². The Morgan fingerprint density at radius 3 is 1.19 bits per heavy atom. The SMILES string of the molecule is CCCCCCCCCC(=O)OC[C@@H](COC(=O)CCCCCCCCC(C)CC)OC(=O)CCCCCCCCCCCCC(C)C. The van der Waals surface area contributed by atoms with Gasteiger partial charge in [-0.25, -0.2) is 0 Å². The van der Waals surface area contributed by atoms with Crippen LogP contribution in [0, 0.1) is 11.8 Å². The molecule has 284 valence electrons. The molecule has 0 aliphatic rings. The Morgan fingerprint density at radius 1 is 0.438 bits per heavy atom. The minimum atomic E-state index is -0.759. The highest BCUT2D eigenvalue weighted by atomic mass is 16.6. The Morgan fingerprint density at radius 2 is 0.792 bits per heavy atom. The highest BCUT2D eigenvalue weighted by Crippen LogP contribution is 2.16. The van der Waals surface area contributed by atoms with Crippen LogP contribution >= 0.6 is 0 Å². The van der Waals surface area contributed by atoms with Crippen LogP contribution < -0.4 is 0 Å². The van der Waals surface area contributed by atoms with Gasteiger partial charge in [-0.05, 0) is 31.1 Å². The van der Waals surface area contributed by atoms with E-state index >= 15 is 0 Å². The molecular formula is C42H80O6. The second-order valence-corrected chi connectivity index (χ2v) is 15.0. The zero-order chi connectivity index (χ0) is 35.5. The smallest absolute Gasteiger partial charge is 0.306 e. The molecule has 0 saturated carbocycles. The Balaban J connectivity index is 4.33. The van der Waals surface area contributed by atoms with Gasteiger partial charge in [0, 0.05) is 19.3 Å². The standard InChI is InChI=1S/C42H80O6/c1-6-8-9-10-15-22-27-32-40(43)46-35-39(36-47-41(44)33-28-23-19-18-21-26-31-38(5)7-2)48-42(45)34-29-24-17-14-12-11-13-16-20-25-30-37(3)4/h37-39H,6-36H2,1-5H3/t38?,39-/m0/s1. The molecule has 0 N–H and O–H groups in total. The normalized spacial score (nSPS) is 12.6. The summed E-state index contributed by atoms with van der Waals surface area (Å²) in [6.45, 7) is 11.2. The van der Waals surface area contributed by atoms with Crippen LogP contribution in [0.1, 0.15) is 221 Å². The number of rotatable bonds is 36. The molecule has 0 aromatic heterocycles. The van der Waals surface area contributed by atoms with Gasteiger partial charge in [-0.15, -0.1) is 0 Å². The van der Waals surface area contributed by atoms with Gasteiger partial charge in [0.15, 0.2) is 6.10 Å². The molecule has 0 heterocycles. The molecule has 0 aromatic carbocycles. The summed E-state index contributed by atoms with van der Waals surface area (Å²) in [7, 11) is 0. The highest BCUT2D eigenvalue weighted by molar-refractivity contribution is 5.71. The first-order valence-corrected chi connectivity index (χ1v) is 20.8. The predicted molar refractivity (Wildman–Crippen MR) is 201 cm³/mol. The van der Waals surface area contributed by atoms with E-state index in [4.69, 9.17) is 14.2 Å². The molecule has 48 heavy (non-hydrogen) atoms. The number of hydrogen-bond acceptors (Lipinski definition) is 6. The lowest BCUT2D eigenvalue weighted by Crippen LogP contribution is -2.30. The van der Waals surface area contributed by atoms with Crippen molar-refractivity contribution in [2.45, 2.75) is 227 Å². The van der Waals surface area contributed by atoms with Gasteiger partial charge < -0.3 is 14.2 Å². The van der Waals surface area contributed by atoms with E-state index in [2.05, 4.69) is 34.6 Å². The third-order valence-corrected chi connectivity index (χ3v) is 9.58. The van der Waals surface area contributed by atoms with Crippen LogP contribution in [0.25, 0.3) is 0 Å². The molecule has 0 amide bonds. The summed E-state index contributed by atoms with van der Waals surface area (Å²) in [6, 6.07) is 0. The van der Waals surface area contributed by atoms with E-state index < -0.39 is 6.10 Å². The molecule has 0 radical (unpaired) electrons. The van der Waals surface area contributed by atoms with Gasteiger partial charge in [0.2, 0.25) is 0 Å². The molecule has 0 aliphatic carbocycles. The summed E-state index contributed by atoms with van der Waals surface area (Å²) in [4.78, 5) is 37.4. The van der Waals surface area contributed by atoms with Crippen molar-refractivity contribution in [3.63, 3.8) is 0 Å². The molecule has 0 bridgehead atoms. The molecular weight excluding hydrogens is 600 g/mol. The van der Waals surface area contributed by atoms with Crippen molar-refractivity contribution in [2.24, 2.45) is 11.8 Å². The molecule has 0 aliphatic heterocycles. The van der Waals surface area contributed by atoms with Gasteiger partial charge >= 0.3 is 17.9 Å². The van der Waals surface area contributed by atoms with Gasteiger partial charge in [-0.2, -0.15) is 0 Å². The topological polar surface area (TPSA) is 78.9 Å². The van der Waals surface area contributed by atoms with Crippen LogP contribution in [-0.2, 0) is 28.6 Å². The summed E-state index contributed by atoms with van der Waals surface area (Å²) < 4.78 is 16.6. The number of ether oxygens (including phenoxy) is 3. The van der Waals surface area contributed by atoms with Gasteiger partial charge in [-0.3, -0.25) is 14.4 Å². The lowest BCUT2D eigenvalue weighted by molar-refractivity contribution is -0.167. The van der Waals surface area contributed by atoms with E-state index in [1.165, 1.54) is 109 Å². The Kier molecular flexibility index (Phi) is 34.1. The number of carbonyl (C=O) groups is 3. The van der Waals surface area contributed by atoms with Crippen molar-refractivity contribution in [1.29, 1.82) is 0 Å². The maximum absolute atomic E-state index is 12.6. The van der Waals surface area contributed by atoms with Gasteiger partial charge in [0.05, 0.1) is 0 Å². The summed E-state index contributed by atoms with van der Waals surface area (Å²) >= 11 is 0. The lowest BCUT2D eigenvalue weighted by atomic mass is 10.00. The van der Waals surface area contributed by atoms with Crippen molar-refractivity contribution in [3.8, 4) is 0 Å². The molecule has 6 heteroatoms. The maximum Gasteiger partial charge on any atom is 0.306 e. The molecule has 6 nitrogen and oxygen atoms in total. The zero-order valence-corrected chi connectivity index (χ0v) is 32.6. The Bertz CT molecular complexity index is 736. The number of hydrogen-bond donors (Lipinski definition) is 0. The molecule has 0 rings (SSSR count). The van der Waals surface area contributed by atoms with Crippen molar-refractivity contribution in [2.75, 3.05) is 13.2 Å².